The molecule has 4 heteroatoms. The van der Waals surface area contributed by atoms with Gasteiger partial charge in [-0.1, -0.05) is 116 Å². The molecule has 1 aromatic heterocycles. The van der Waals surface area contributed by atoms with Crippen molar-refractivity contribution in [1.29, 1.82) is 0 Å². The number of halogens is 2. The predicted molar refractivity (Wildman–Crippen MR) is 163 cm³/mol. The highest BCUT2D eigenvalue weighted by Crippen LogP contribution is 2.16. The van der Waals surface area contributed by atoms with Crippen molar-refractivity contribution in [1.82, 2.24) is 9.97 Å². The highest BCUT2D eigenvalue weighted by atomic mass is 128. The molecule has 0 radical (unpaired) electrons. The fraction of sp³-hybridized carbons (Fsp3) is 0.429. The molecule has 0 aliphatic heterocycles. The smallest absolute Gasteiger partial charge is 0.133 e. The van der Waals surface area contributed by atoms with Crippen LogP contribution in [0.5, 0.6) is 0 Å². The van der Waals surface area contributed by atoms with Crippen molar-refractivity contribution in [2.75, 3.05) is 0 Å². The zero-order valence-electron chi connectivity index (χ0n) is 21.8. The van der Waals surface area contributed by atoms with Crippen LogP contribution >= 0.6 is 37.2 Å². The summed E-state index contributed by atoms with van der Waals surface area (Å²) in [6.45, 7) is 20.2. The molecule has 3 rings (SSSR count). The monoisotopic (exact) mass is 662 g/mol. The van der Waals surface area contributed by atoms with Crippen molar-refractivity contribution in [3.8, 4) is 0 Å². The van der Waals surface area contributed by atoms with E-state index in [-0.39, 0.29) is 0 Å². The average molecular weight is 662 g/mol. The lowest BCUT2D eigenvalue weighted by Crippen LogP contribution is -2.06. The molecule has 0 atom stereocenters. The van der Waals surface area contributed by atoms with Crippen molar-refractivity contribution < 1.29 is 0 Å². The Morgan fingerprint density at radius 1 is 0.562 bits per heavy atom. The van der Waals surface area contributed by atoms with Crippen LogP contribution in [0.3, 0.4) is 0 Å². The normalized spacial score (nSPS) is 8.25. The topological polar surface area (TPSA) is 25.8 Å². The first kappa shape index (κ1) is 35.6. The maximum Gasteiger partial charge on any atom is 0.133 e. The summed E-state index contributed by atoms with van der Waals surface area (Å²) in [4.78, 5) is 9.47. The van der Waals surface area contributed by atoms with Gasteiger partial charge >= 0.3 is 0 Å². The van der Waals surface area contributed by atoms with Gasteiger partial charge in [0.2, 0.25) is 0 Å². The minimum absolute atomic E-state index is 0.781. The zero-order chi connectivity index (χ0) is 25.4. The van der Waals surface area contributed by atoms with E-state index < -0.39 is 0 Å². The minimum atomic E-state index is 0.781. The Morgan fingerprint density at radius 2 is 0.938 bits per heavy atom. The van der Waals surface area contributed by atoms with E-state index in [4.69, 9.17) is 4.98 Å². The van der Waals surface area contributed by atoms with Crippen molar-refractivity contribution >= 4 is 37.2 Å². The number of benzene rings is 2. The first-order chi connectivity index (χ1) is 15.7. The Labute approximate surface area is 222 Å². The largest absolute Gasteiger partial charge is 0.238 e. The first-order valence-electron chi connectivity index (χ1n) is 11.8. The fourth-order valence-electron chi connectivity index (χ4n) is 2.57. The van der Waals surface area contributed by atoms with Gasteiger partial charge in [-0.25, -0.2) is 9.97 Å². The van der Waals surface area contributed by atoms with E-state index >= 15 is 0 Å². The van der Waals surface area contributed by atoms with E-state index in [1.807, 2.05) is 67.5 Å². The molecule has 2 aromatic carbocycles. The van der Waals surface area contributed by atoms with Crippen LogP contribution < -0.4 is 0 Å². The summed E-state index contributed by atoms with van der Waals surface area (Å²) >= 11 is 4.24. The third kappa shape index (κ3) is 14.9. The van der Waals surface area contributed by atoms with E-state index in [0.717, 1.165) is 30.1 Å². The van der Waals surface area contributed by atoms with Crippen LogP contribution in [-0.2, 0) is 12.8 Å². The van der Waals surface area contributed by atoms with Crippen molar-refractivity contribution in [2.45, 2.75) is 82.1 Å². The Morgan fingerprint density at radius 3 is 1.34 bits per heavy atom. The molecule has 0 saturated heterocycles. The molecule has 0 aliphatic rings. The number of hydrogen-bond acceptors (Lipinski definition) is 2. The molecule has 0 saturated carbocycles. The van der Waals surface area contributed by atoms with Gasteiger partial charge in [-0.15, -0.1) is 0 Å². The van der Waals surface area contributed by atoms with Gasteiger partial charge in [-0.05, 0) is 30.5 Å². The molecule has 0 N–H and O–H groups in total. The molecular weight excluding hydrogens is 618 g/mol. The lowest BCUT2D eigenvalue weighted by Gasteiger charge is -2.11. The molecule has 0 unspecified atom stereocenters. The second kappa shape index (κ2) is 26.2. The third-order valence-corrected chi connectivity index (χ3v) is 3.96. The number of nitrogens with zero attached hydrogens (tertiary/aromatic N) is 2. The Hall–Kier alpha value is -1.02. The molecule has 3 aromatic rings. The molecule has 0 spiro atoms. The lowest BCUT2D eigenvalue weighted by molar-refractivity contribution is 0.877. The van der Waals surface area contributed by atoms with Gasteiger partial charge in [0.15, 0.2) is 0 Å². The van der Waals surface area contributed by atoms with E-state index in [9.17, 15) is 0 Å². The fourth-order valence-corrected chi connectivity index (χ4v) is 2.57. The van der Waals surface area contributed by atoms with E-state index in [1.54, 1.807) is 0 Å². The molecule has 0 fully saturated rings. The van der Waals surface area contributed by atoms with Gasteiger partial charge in [0.25, 0.3) is 0 Å². The van der Waals surface area contributed by atoms with Crippen molar-refractivity contribution in [3.63, 3.8) is 0 Å². The van der Waals surface area contributed by atoms with Crippen molar-refractivity contribution in [2.24, 2.45) is 0 Å². The third-order valence-electron chi connectivity index (χ3n) is 3.96. The van der Waals surface area contributed by atoms with Crippen LogP contribution in [0.1, 0.15) is 89.3 Å². The quantitative estimate of drug-likeness (QED) is 0.260. The second-order valence-corrected chi connectivity index (χ2v) is 5.62. The summed E-state index contributed by atoms with van der Waals surface area (Å²) < 4.78 is 0. The molecule has 2 nitrogen and oxygen atoms in total. The second-order valence-electron chi connectivity index (χ2n) is 5.62. The summed E-state index contributed by atoms with van der Waals surface area (Å²) in [7, 11) is 0. The summed E-state index contributed by atoms with van der Waals surface area (Å²) in [6.07, 6.45) is 1.64. The molecule has 0 aliphatic carbocycles. The maximum absolute atomic E-state index is 4.81. The zero-order valence-corrected chi connectivity index (χ0v) is 26.2. The Kier molecular flexibility index (Phi) is 29.2. The standard InChI is InChI=1S/C20H20N2.4C2H6.I2/c1-15-16(2)21-20(14-18-11-7-4-8-12-18)22-19(15)13-17-9-5-3-6-10-17;5*1-2/h3-12H,13-14H2,1-2H3;4*1-2H3;. The van der Waals surface area contributed by atoms with Gasteiger partial charge in [0.05, 0.1) is 5.69 Å². The van der Waals surface area contributed by atoms with Crippen LogP contribution in [0.25, 0.3) is 0 Å². The van der Waals surface area contributed by atoms with Crippen LogP contribution in [0, 0.1) is 13.8 Å². The van der Waals surface area contributed by atoms with Crippen LogP contribution in [0.15, 0.2) is 60.7 Å². The number of rotatable bonds is 4. The summed E-state index contributed by atoms with van der Waals surface area (Å²) in [5.41, 5.74) is 5.93. The number of aromatic nitrogens is 2. The maximum atomic E-state index is 4.81. The summed E-state index contributed by atoms with van der Waals surface area (Å²) in [6, 6.07) is 20.9. The molecular formula is C28H44I2N2. The highest BCUT2D eigenvalue weighted by Gasteiger charge is 2.09. The summed E-state index contributed by atoms with van der Waals surface area (Å²) in [5, 5.41) is 0. The number of aryl methyl sites for hydroxylation is 1. The molecule has 180 valence electrons. The molecule has 0 bridgehead atoms. The SMILES string of the molecule is CC.CC.CC.CC.Cc1nc(Cc2ccccc2)nc(Cc2ccccc2)c1C.II. The molecule has 32 heavy (non-hydrogen) atoms. The highest BCUT2D eigenvalue weighted by molar-refractivity contribution is 15.0. The van der Waals surface area contributed by atoms with Gasteiger partial charge < -0.3 is 0 Å². The van der Waals surface area contributed by atoms with E-state index in [1.165, 1.54) is 16.7 Å². The minimum Gasteiger partial charge on any atom is -0.238 e. The van der Waals surface area contributed by atoms with Crippen LogP contribution in [0.2, 0.25) is 0 Å². The van der Waals surface area contributed by atoms with Gasteiger partial charge in [0, 0.05) is 55.8 Å². The first-order valence-corrected chi connectivity index (χ1v) is 18.1. The number of hydrogen-bond donors (Lipinski definition) is 0. The van der Waals surface area contributed by atoms with Gasteiger partial charge in [0.1, 0.15) is 5.82 Å². The molecule has 0 amide bonds. The van der Waals surface area contributed by atoms with Crippen LogP contribution in [0.4, 0.5) is 0 Å². The lowest BCUT2D eigenvalue weighted by atomic mass is 10.0. The van der Waals surface area contributed by atoms with Gasteiger partial charge in [-0.2, -0.15) is 0 Å². The predicted octanol–water partition coefficient (Wildman–Crippen LogP) is 10.2. The Balaban J connectivity index is -0.000000744. The summed E-state index contributed by atoms with van der Waals surface area (Å²) in [5.74, 6) is 0.903. The average Bonchev–Trinajstić information content (AvgIpc) is 2.89. The van der Waals surface area contributed by atoms with Crippen molar-refractivity contribution in [3.05, 3.63) is 94.6 Å². The van der Waals surface area contributed by atoms with E-state index in [0.29, 0.717) is 0 Å². The van der Waals surface area contributed by atoms with Crippen LogP contribution in [-0.4, -0.2) is 9.97 Å². The van der Waals surface area contributed by atoms with E-state index in [2.05, 4.69) is 105 Å². The van der Waals surface area contributed by atoms with Gasteiger partial charge in [-0.3, -0.25) is 0 Å². The Bertz CT molecular complexity index is 761. The molecule has 1 heterocycles.